The molecule has 0 heterocycles. The van der Waals surface area contributed by atoms with Crippen LogP contribution in [0.25, 0.3) is 0 Å². The SMILES string of the molecule is CC/C=C\C/C=C\C/C=C\C/C=C\CCCCCCC(=O)OCC(COCCCCCCCCCC/C=C\CCCCCCCC)OC(=O)CCCCCCCCCCCCCCCCCCC. The largest absolute Gasteiger partial charge is 0.462 e. The molecule has 0 bridgehead atoms. The quantitative estimate of drug-likeness (QED) is 0.0345. The van der Waals surface area contributed by atoms with E-state index in [0.29, 0.717) is 19.4 Å². The predicted molar refractivity (Wildman–Crippen MR) is 298 cm³/mol. The first-order valence-corrected chi connectivity index (χ1v) is 29.8. The summed E-state index contributed by atoms with van der Waals surface area (Å²) in [7, 11) is 0. The molecule has 0 radical (unpaired) electrons. The molecule has 0 aliphatic rings. The molecule has 0 aromatic heterocycles. The molecule has 1 atom stereocenters. The number of esters is 2. The standard InChI is InChI=1S/C63H114O5/c1-4-7-10-13-16-19-22-25-28-31-34-37-40-43-46-49-52-55-58-66-59-61(68-63(65)57-54-51-48-45-42-39-36-33-30-27-24-21-18-15-12-9-6-3)60-67-62(64)56-53-50-47-44-41-38-35-32-29-26-23-20-17-14-11-8-5-2/h8,11,17,20,25-26,28-29,35,38,61H,4-7,9-10,12-16,18-19,21-24,27,30-34,36-37,39-60H2,1-3H3/b11-8-,20-17-,28-25-,29-26-,38-35-. The lowest BCUT2D eigenvalue weighted by molar-refractivity contribution is -0.163. The Labute approximate surface area is 424 Å². The number of hydrogen-bond acceptors (Lipinski definition) is 5. The third-order valence-corrected chi connectivity index (χ3v) is 13.0. The molecule has 5 heteroatoms. The van der Waals surface area contributed by atoms with E-state index in [1.54, 1.807) is 0 Å². The van der Waals surface area contributed by atoms with Gasteiger partial charge in [-0.3, -0.25) is 9.59 Å². The molecule has 0 aliphatic heterocycles. The van der Waals surface area contributed by atoms with Crippen LogP contribution in [0.3, 0.4) is 0 Å². The van der Waals surface area contributed by atoms with Crippen molar-refractivity contribution in [2.45, 2.75) is 309 Å². The van der Waals surface area contributed by atoms with E-state index in [0.717, 1.165) is 83.5 Å². The Morgan fingerprint density at radius 3 is 1.07 bits per heavy atom. The van der Waals surface area contributed by atoms with Gasteiger partial charge in [0.1, 0.15) is 6.61 Å². The van der Waals surface area contributed by atoms with Crippen molar-refractivity contribution in [3.8, 4) is 0 Å². The van der Waals surface area contributed by atoms with E-state index in [1.165, 1.54) is 186 Å². The Kier molecular flexibility index (Phi) is 56.8. The minimum Gasteiger partial charge on any atom is -0.462 e. The Balaban J connectivity index is 4.29. The number of carbonyl (C=O) groups is 2. The highest BCUT2D eigenvalue weighted by Crippen LogP contribution is 2.16. The number of carbonyl (C=O) groups excluding carboxylic acids is 2. The van der Waals surface area contributed by atoms with E-state index in [4.69, 9.17) is 14.2 Å². The summed E-state index contributed by atoms with van der Waals surface area (Å²) in [6.07, 6.45) is 75.3. The van der Waals surface area contributed by atoms with E-state index in [9.17, 15) is 9.59 Å². The van der Waals surface area contributed by atoms with Crippen LogP contribution in [0, 0.1) is 0 Å². The highest BCUT2D eigenvalue weighted by atomic mass is 16.6. The summed E-state index contributed by atoms with van der Waals surface area (Å²) in [5, 5.41) is 0. The minimum atomic E-state index is -0.547. The molecule has 0 fully saturated rings. The summed E-state index contributed by atoms with van der Waals surface area (Å²) in [6, 6.07) is 0. The molecule has 0 aromatic rings. The Morgan fingerprint density at radius 1 is 0.338 bits per heavy atom. The van der Waals surface area contributed by atoms with Crippen molar-refractivity contribution in [1.82, 2.24) is 0 Å². The van der Waals surface area contributed by atoms with E-state index < -0.39 is 6.10 Å². The van der Waals surface area contributed by atoms with E-state index in [-0.39, 0.29) is 25.2 Å². The van der Waals surface area contributed by atoms with Gasteiger partial charge >= 0.3 is 11.9 Å². The van der Waals surface area contributed by atoms with Crippen molar-refractivity contribution in [2.75, 3.05) is 19.8 Å². The van der Waals surface area contributed by atoms with Crippen molar-refractivity contribution in [3.63, 3.8) is 0 Å². The molecular weight excluding hydrogens is 837 g/mol. The Hall–Kier alpha value is -2.40. The van der Waals surface area contributed by atoms with Crippen molar-refractivity contribution in [3.05, 3.63) is 60.8 Å². The second-order valence-corrected chi connectivity index (χ2v) is 19.9. The summed E-state index contributed by atoms with van der Waals surface area (Å²) >= 11 is 0. The van der Waals surface area contributed by atoms with E-state index in [1.807, 2.05) is 0 Å². The third-order valence-electron chi connectivity index (χ3n) is 13.0. The van der Waals surface area contributed by atoms with Gasteiger partial charge in [0.25, 0.3) is 0 Å². The lowest BCUT2D eigenvalue weighted by atomic mass is 10.0. The summed E-state index contributed by atoms with van der Waals surface area (Å²) in [5.41, 5.74) is 0. The van der Waals surface area contributed by atoms with Crippen LogP contribution in [0.2, 0.25) is 0 Å². The fourth-order valence-electron chi connectivity index (χ4n) is 8.62. The number of allylic oxidation sites excluding steroid dienone is 10. The smallest absolute Gasteiger partial charge is 0.306 e. The predicted octanol–water partition coefficient (Wildman–Crippen LogP) is 20.5. The maximum atomic E-state index is 12.9. The molecule has 0 saturated heterocycles. The molecular formula is C63H114O5. The monoisotopic (exact) mass is 951 g/mol. The van der Waals surface area contributed by atoms with Crippen molar-refractivity contribution < 1.29 is 23.8 Å². The van der Waals surface area contributed by atoms with Crippen LogP contribution in [-0.4, -0.2) is 37.9 Å². The Morgan fingerprint density at radius 2 is 0.662 bits per heavy atom. The lowest BCUT2D eigenvalue weighted by Gasteiger charge is -2.18. The van der Waals surface area contributed by atoms with Crippen molar-refractivity contribution >= 4 is 11.9 Å². The number of unbranched alkanes of at least 4 members (excludes halogenated alkanes) is 34. The fourth-order valence-corrected chi connectivity index (χ4v) is 8.62. The first-order valence-electron chi connectivity index (χ1n) is 29.8. The van der Waals surface area contributed by atoms with Gasteiger partial charge in [0.2, 0.25) is 0 Å². The second kappa shape index (κ2) is 58.9. The van der Waals surface area contributed by atoms with Crippen LogP contribution in [0.1, 0.15) is 303 Å². The molecule has 0 aromatic carbocycles. The number of rotatable bonds is 55. The third kappa shape index (κ3) is 56.2. The van der Waals surface area contributed by atoms with Gasteiger partial charge in [0.15, 0.2) is 6.10 Å². The zero-order valence-electron chi connectivity index (χ0n) is 45.6. The first kappa shape index (κ1) is 65.6. The molecule has 0 N–H and O–H groups in total. The number of hydrogen-bond donors (Lipinski definition) is 0. The molecule has 396 valence electrons. The molecule has 0 aliphatic carbocycles. The summed E-state index contributed by atoms with van der Waals surface area (Å²) < 4.78 is 17.5. The topological polar surface area (TPSA) is 61.8 Å². The zero-order valence-corrected chi connectivity index (χ0v) is 45.6. The average molecular weight is 952 g/mol. The lowest BCUT2D eigenvalue weighted by Crippen LogP contribution is -2.30. The van der Waals surface area contributed by atoms with Crippen LogP contribution in [0.15, 0.2) is 60.8 Å². The molecule has 1 unspecified atom stereocenters. The van der Waals surface area contributed by atoms with Crippen LogP contribution < -0.4 is 0 Å². The van der Waals surface area contributed by atoms with Gasteiger partial charge in [-0.1, -0.05) is 268 Å². The fraction of sp³-hybridized carbons (Fsp3) is 0.810. The van der Waals surface area contributed by atoms with Gasteiger partial charge in [-0.05, 0) is 83.5 Å². The minimum absolute atomic E-state index is 0.0738. The normalized spacial score (nSPS) is 12.6. The molecule has 0 spiro atoms. The summed E-state index contributed by atoms with van der Waals surface area (Å²) in [4.78, 5) is 25.5. The highest BCUT2D eigenvalue weighted by molar-refractivity contribution is 5.70. The van der Waals surface area contributed by atoms with Crippen LogP contribution in [0.5, 0.6) is 0 Å². The van der Waals surface area contributed by atoms with Gasteiger partial charge in [0.05, 0.1) is 6.61 Å². The van der Waals surface area contributed by atoms with E-state index >= 15 is 0 Å². The maximum absolute atomic E-state index is 12.9. The summed E-state index contributed by atoms with van der Waals surface area (Å²) in [6.45, 7) is 7.73. The van der Waals surface area contributed by atoms with Crippen LogP contribution >= 0.6 is 0 Å². The zero-order chi connectivity index (χ0) is 49.2. The van der Waals surface area contributed by atoms with Gasteiger partial charge in [-0.15, -0.1) is 0 Å². The molecule has 0 rings (SSSR count). The molecule has 5 nitrogen and oxygen atoms in total. The molecule has 0 amide bonds. The maximum Gasteiger partial charge on any atom is 0.306 e. The van der Waals surface area contributed by atoms with Gasteiger partial charge in [0, 0.05) is 19.4 Å². The van der Waals surface area contributed by atoms with Gasteiger partial charge in [-0.25, -0.2) is 0 Å². The molecule has 68 heavy (non-hydrogen) atoms. The van der Waals surface area contributed by atoms with Gasteiger partial charge in [-0.2, -0.15) is 0 Å². The van der Waals surface area contributed by atoms with Crippen LogP contribution in [-0.2, 0) is 23.8 Å². The van der Waals surface area contributed by atoms with Gasteiger partial charge < -0.3 is 14.2 Å². The molecule has 0 saturated carbocycles. The van der Waals surface area contributed by atoms with Crippen molar-refractivity contribution in [2.24, 2.45) is 0 Å². The average Bonchev–Trinajstić information content (AvgIpc) is 3.34. The number of ether oxygens (including phenoxy) is 3. The Bertz CT molecular complexity index is 1170. The first-order chi connectivity index (χ1) is 33.6. The van der Waals surface area contributed by atoms with E-state index in [2.05, 4.69) is 81.5 Å². The second-order valence-electron chi connectivity index (χ2n) is 19.9. The van der Waals surface area contributed by atoms with Crippen molar-refractivity contribution in [1.29, 1.82) is 0 Å². The highest BCUT2D eigenvalue weighted by Gasteiger charge is 2.17. The summed E-state index contributed by atoms with van der Waals surface area (Å²) in [5.74, 6) is -0.411. The van der Waals surface area contributed by atoms with Crippen LogP contribution in [0.4, 0.5) is 0 Å².